The van der Waals surface area contributed by atoms with Crippen LogP contribution in [0.3, 0.4) is 0 Å². The van der Waals surface area contributed by atoms with Crippen molar-refractivity contribution in [1.82, 2.24) is 0 Å². The van der Waals surface area contributed by atoms with E-state index in [9.17, 15) is 14.7 Å². The van der Waals surface area contributed by atoms with Crippen molar-refractivity contribution in [2.24, 2.45) is 34.0 Å². The molecule has 0 saturated heterocycles. The van der Waals surface area contributed by atoms with Crippen molar-refractivity contribution in [2.75, 3.05) is 6.61 Å². The molecule has 1 N–H and O–H groups in total. The van der Waals surface area contributed by atoms with Crippen molar-refractivity contribution < 1.29 is 19.4 Å². The summed E-state index contributed by atoms with van der Waals surface area (Å²) in [5.74, 6) is 1.39. The monoisotopic (exact) mass is 362 g/mol. The Hall–Kier alpha value is -0.900. The van der Waals surface area contributed by atoms with Crippen molar-refractivity contribution in [3.05, 3.63) is 0 Å². The van der Waals surface area contributed by atoms with Gasteiger partial charge in [0.05, 0.1) is 0 Å². The number of rotatable bonds is 2. The summed E-state index contributed by atoms with van der Waals surface area (Å²) in [6, 6.07) is 0. The summed E-state index contributed by atoms with van der Waals surface area (Å²) in [5, 5.41) is 11.3. The number of carbonyl (C=O) groups excluding carboxylic acids is 2. The molecule has 2 bridgehead atoms. The SMILES string of the molecule is CC(=O)OC[C@@]1(O)C[C@@]23CC[C@@H]4C(C)(C)C(=O)CC[C@@]4(C)[C@@H]2CC[C@@H]1C3. The number of hydrogen-bond acceptors (Lipinski definition) is 4. The Morgan fingerprint density at radius 1 is 1.15 bits per heavy atom. The van der Waals surface area contributed by atoms with E-state index in [-0.39, 0.29) is 34.7 Å². The van der Waals surface area contributed by atoms with E-state index in [1.165, 1.54) is 6.92 Å². The number of esters is 1. The Labute approximate surface area is 157 Å². The lowest BCUT2D eigenvalue weighted by Gasteiger charge is -2.63. The maximum Gasteiger partial charge on any atom is 0.302 e. The standard InChI is InChI=1S/C22H34O4/c1-14(23)26-13-22(25)12-21-10-7-16-19(2,3)18(24)8-9-20(16,4)17(21)6-5-15(22)11-21/h15-17,25H,5-13H2,1-4H3/t15-,16-,17+,20-,21+,22+/m1/s1. The predicted octanol–water partition coefficient (Wildman–Crippen LogP) is 3.89. The molecule has 4 nitrogen and oxygen atoms in total. The molecule has 6 atom stereocenters. The first kappa shape index (κ1) is 18.5. The van der Waals surface area contributed by atoms with Gasteiger partial charge in [0.15, 0.2) is 0 Å². The van der Waals surface area contributed by atoms with Crippen LogP contribution in [0.15, 0.2) is 0 Å². The fourth-order valence-electron chi connectivity index (χ4n) is 8.04. The summed E-state index contributed by atoms with van der Waals surface area (Å²) in [7, 11) is 0. The van der Waals surface area contributed by atoms with E-state index in [1.807, 2.05) is 0 Å². The van der Waals surface area contributed by atoms with E-state index in [1.54, 1.807) is 0 Å². The summed E-state index contributed by atoms with van der Waals surface area (Å²) in [6.07, 6.45) is 7.87. The van der Waals surface area contributed by atoms with Crippen molar-refractivity contribution in [2.45, 2.75) is 84.7 Å². The third-order valence-electron chi connectivity index (χ3n) is 9.14. The van der Waals surface area contributed by atoms with E-state index in [2.05, 4.69) is 20.8 Å². The average Bonchev–Trinajstić information content (AvgIpc) is 2.76. The van der Waals surface area contributed by atoms with Crippen LogP contribution >= 0.6 is 0 Å². The first-order valence-electron chi connectivity index (χ1n) is 10.4. The molecule has 4 heteroatoms. The molecule has 4 saturated carbocycles. The number of Topliss-reactive ketones (excluding diaryl/α,β-unsaturated/α-hetero) is 1. The van der Waals surface area contributed by atoms with Crippen molar-refractivity contribution >= 4 is 11.8 Å². The number of ether oxygens (including phenoxy) is 1. The highest BCUT2D eigenvalue weighted by atomic mass is 16.5. The van der Waals surface area contributed by atoms with Gasteiger partial charge in [0.2, 0.25) is 0 Å². The molecule has 0 unspecified atom stereocenters. The van der Waals surface area contributed by atoms with Gasteiger partial charge in [0.1, 0.15) is 18.0 Å². The molecular weight excluding hydrogens is 328 g/mol. The number of ketones is 1. The van der Waals surface area contributed by atoms with Gasteiger partial charge in [0, 0.05) is 18.8 Å². The topological polar surface area (TPSA) is 63.6 Å². The van der Waals surface area contributed by atoms with Gasteiger partial charge in [-0.05, 0) is 73.5 Å². The number of aliphatic hydroxyl groups is 1. The summed E-state index contributed by atoms with van der Waals surface area (Å²) in [4.78, 5) is 23.9. The average molecular weight is 363 g/mol. The van der Waals surface area contributed by atoms with Crippen LogP contribution in [0, 0.1) is 34.0 Å². The van der Waals surface area contributed by atoms with E-state index in [0.29, 0.717) is 24.0 Å². The summed E-state index contributed by atoms with van der Waals surface area (Å²) < 4.78 is 5.26. The van der Waals surface area contributed by atoms with Crippen LogP contribution < -0.4 is 0 Å². The van der Waals surface area contributed by atoms with Gasteiger partial charge in [-0.2, -0.15) is 0 Å². The van der Waals surface area contributed by atoms with Crippen LogP contribution in [0.2, 0.25) is 0 Å². The van der Waals surface area contributed by atoms with Crippen LogP contribution in [0.1, 0.15) is 79.1 Å². The molecule has 4 fully saturated rings. The van der Waals surface area contributed by atoms with Gasteiger partial charge in [-0.25, -0.2) is 0 Å². The Morgan fingerprint density at radius 3 is 2.58 bits per heavy atom. The predicted molar refractivity (Wildman–Crippen MR) is 98.3 cm³/mol. The quantitative estimate of drug-likeness (QED) is 0.757. The highest BCUT2D eigenvalue weighted by Gasteiger charge is 2.68. The first-order valence-corrected chi connectivity index (χ1v) is 10.4. The number of fused-ring (bicyclic) bond motifs is 3. The van der Waals surface area contributed by atoms with Crippen LogP contribution in [-0.4, -0.2) is 29.1 Å². The Morgan fingerprint density at radius 2 is 1.88 bits per heavy atom. The molecule has 0 aromatic heterocycles. The normalized spacial score (nSPS) is 49.3. The zero-order chi connectivity index (χ0) is 19.0. The largest absolute Gasteiger partial charge is 0.463 e. The van der Waals surface area contributed by atoms with Crippen molar-refractivity contribution in [3.63, 3.8) is 0 Å². The summed E-state index contributed by atoms with van der Waals surface area (Å²) in [5.41, 5.74) is -0.728. The zero-order valence-electron chi connectivity index (χ0n) is 16.8. The summed E-state index contributed by atoms with van der Waals surface area (Å²) >= 11 is 0. The van der Waals surface area contributed by atoms with Gasteiger partial charge in [-0.15, -0.1) is 0 Å². The molecular formula is C22H34O4. The van der Waals surface area contributed by atoms with E-state index >= 15 is 0 Å². The van der Waals surface area contributed by atoms with E-state index in [4.69, 9.17) is 4.74 Å². The minimum Gasteiger partial charge on any atom is -0.463 e. The fourth-order valence-corrected chi connectivity index (χ4v) is 8.04. The van der Waals surface area contributed by atoms with Gasteiger partial charge < -0.3 is 9.84 Å². The highest BCUT2D eigenvalue weighted by Crippen LogP contribution is 2.72. The number of hydrogen-bond donors (Lipinski definition) is 1. The van der Waals surface area contributed by atoms with Crippen LogP contribution in [0.25, 0.3) is 0 Å². The van der Waals surface area contributed by atoms with E-state index in [0.717, 1.165) is 44.9 Å². The third-order valence-corrected chi connectivity index (χ3v) is 9.14. The molecule has 26 heavy (non-hydrogen) atoms. The fraction of sp³-hybridized carbons (Fsp3) is 0.909. The van der Waals surface area contributed by atoms with Gasteiger partial charge in [-0.3, -0.25) is 9.59 Å². The second-order valence-corrected chi connectivity index (χ2v) is 10.7. The molecule has 0 radical (unpaired) electrons. The second-order valence-electron chi connectivity index (χ2n) is 10.7. The lowest BCUT2D eigenvalue weighted by Crippen LogP contribution is -2.58. The minimum atomic E-state index is -0.858. The van der Waals surface area contributed by atoms with Gasteiger partial charge >= 0.3 is 5.97 Å². The van der Waals surface area contributed by atoms with Crippen LogP contribution in [0.5, 0.6) is 0 Å². The molecule has 0 aliphatic heterocycles. The highest BCUT2D eigenvalue weighted by molar-refractivity contribution is 5.85. The minimum absolute atomic E-state index is 0.144. The van der Waals surface area contributed by atoms with Gasteiger partial charge in [-0.1, -0.05) is 20.8 Å². The smallest absolute Gasteiger partial charge is 0.302 e. The van der Waals surface area contributed by atoms with Crippen molar-refractivity contribution in [1.29, 1.82) is 0 Å². The zero-order valence-corrected chi connectivity index (χ0v) is 16.8. The molecule has 4 rings (SSSR count). The van der Waals surface area contributed by atoms with Crippen LogP contribution in [-0.2, 0) is 14.3 Å². The Bertz CT molecular complexity index is 640. The summed E-state index contributed by atoms with van der Waals surface area (Å²) in [6.45, 7) is 8.31. The molecule has 0 heterocycles. The first-order chi connectivity index (χ1) is 12.0. The third kappa shape index (κ3) is 2.36. The number of carbonyl (C=O) groups is 2. The maximum atomic E-state index is 12.6. The molecule has 4 aliphatic carbocycles. The van der Waals surface area contributed by atoms with Crippen LogP contribution in [0.4, 0.5) is 0 Å². The Kier molecular flexibility index (Phi) is 3.95. The lowest BCUT2D eigenvalue weighted by atomic mass is 9.41. The molecule has 1 spiro atoms. The molecule has 0 aromatic rings. The maximum absolute atomic E-state index is 12.6. The Balaban J connectivity index is 1.64. The molecule has 146 valence electrons. The van der Waals surface area contributed by atoms with Gasteiger partial charge in [0.25, 0.3) is 0 Å². The van der Waals surface area contributed by atoms with E-state index < -0.39 is 5.60 Å². The second kappa shape index (κ2) is 5.56. The molecule has 0 amide bonds. The molecule has 0 aromatic carbocycles. The van der Waals surface area contributed by atoms with Crippen molar-refractivity contribution in [3.8, 4) is 0 Å². The molecule has 4 aliphatic rings. The lowest BCUT2D eigenvalue weighted by molar-refractivity contribution is -0.165.